The topological polar surface area (TPSA) is 28.0 Å². The van der Waals surface area contributed by atoms with Gasteiger partial charge < -0.3 is 4.90 Å². The van der Waals surface area contributed by atoms with Gasteiger partial charge >= 0.3 is 0 Å². The third kappa shape index (κ3) is 3.22. The lowest BCUT2D eigenvalue weighted by Crippen LogP contribution is -2.31. The van der Waals surface area contributed by atoms with Gasteiger partial charge in [0, 0.05) is 31.6 Å². The zero-order valence-corrected chi connectivity index (χ0v) is 12.3. The Balaban J connectivity index is 2.13. The minimum atomic E-state index is 0.00181. The van der Waals surface area contributed by atoms with Gasteiger partial charge in [-0.25, -0.2) is 0 Å². The van der Waals surface area contributed by atoms with Gasteiger partial charge in [-0.05, 0) is 25.5 Å². The van der Waals surface area contributed by atoms with Crippen LogP contribution in [0.5, 0.6) is 0 Å². The molecule has 102 valence electrons. The molecule has 0 spiro atoms. The van der Waals surface area contributed by atoms with E-state index >= 15 is 0 Å². The molecule has 1 unspecified atom stereocenters. The van der Waals surface area contributed by atoms with Crippen LogP contribution in [0.3, 0.4) is 0 Å². The van der Waals surface area contributed by atoms with Crippen molar-refractivity contribution in [3.8, 4) is 0 Å². The summed E-state index contributed by atoms with van der Waals surface area (Å²) in [4.78, 5) is 11.5. The van der Waals surface area contributed by atoms with Crippen molar-refractivity contribution in [1.82, 2.24) is 0 Å². The average Bonchev–Trinajstić information content (AvgIpc) is 2.40. The molecule has 0 radical (unpaired) electrons. The van der Waals surface area contributed by atoms with E-state index in [4.69, 9.17) is 9.98 Å². The van der Waals surface area contributed by atoms with Crippen LogP contribution in [0.25, 0.3) is 0 Å². The quantitative estimate of drug-likeness (QED) is 0.814. The molecular weight excluding hydrogens is 234 g/mol. The zero-order valence-electron chi connectivity index (χ0n) is 12.3. The Kier molecular flexibility index (Phi) is 4.03. The van der Waals surface area contributed by atoms with Gasteiger partial charge in [-0.3, -0.25) is 9.98 Å². The van der Waals surface area contributed by atoms with Gasteiger partial charge in [-0.1, -0.05) is 25.5 Å². The number of aliphatic imine (C=N–C) groups is 2. The Bertz CT molecular complexity index is 485. The molecule has 1 aliphatic rings. The van der Waals surface area contributed by atoms with E-state index in [-0.39, 0.29) is 5.54 Å². The van der Waals surface area contributed by atoms with Gasteiger partial charge in [0.1, 0.15) is 0 Å². The van der Waals surface area contributed by atoms with E-state index < -0.39 is 0 Å². The standard InChI is InChI=1S/C16H23N3/c1-5-10-16(2)12-17-15(11-18-16)13-6-8-14(9-7-13)19(3)4/h6-9,11H,5,10,12H2,1-4H3. The van der Waals surface area contributed by atoms with Crippen LogP contribution in [0.4, 0.5) is 5.69 Å². The fourth-order valence-electron chi connectivity index (χ4n) is 2.33. The highest BCUT2D eigenvalue weighted by Crippen LogP contribution is 2.21. The minimum Gasteiger partial charge on any atom is -0.378 e. The fraction of sp³-hybridized carbons (Fsp3) is 0.500. The minimum absolute atomic E-state index is 0.00181. The van der Waals surface area contributed by atoms with Gasteiger partial charge in [0.2, 0.25) is 0 Å². The molecule has 19 heavy (non-hydrogen) atoms. The molecule has 0 aliphatic carbocycles. The molecule has 0 saturated carbocycles. The fourth-order valence-corrected chi connectivity index (χ4v) is 2.33. The van der Waals surface area contributed by atoms with Gasteiger partial charge in [0.05, 0.1) is 17.8 Å². The Hall–Kier alpha value is -1.64. The second-order valence-corrected chi connectivity index (χ2v) is 5.65. The maximum atomic E-state index is 4.70. The molecule has 1 heterocycles. The molecule has 3 heteroatoms. The molecule has 1 atom stereocenters. The predicted molar refractivity (Wildman–Crippen MR) is 84.0 cm³/mol. The molecule has 0 saturated heterocycles. The van der Waals surface area contributed by atoms with Crippen LogP contribution in [0.1, 0.15) is 32.3 Å². The van der Waals surface area contributed by atoms with Gasteiger partial charge in [-0.15, -0.1) is 0 Å². The summed E-state index contributed by atoms with van der Waals surface area (Å²) in [5.74, 6) is 0. The monoisotopic (exact) mass is 257 g/mol. The molecule has 1 aromatic carbocycles. The van der Waals surface area contributed by atoms with Crippen molar-refractivity contribution in [3.05, 3.63) is 29.8 Å². The van der Waals surface area contributed by atoms with E-state index in [1.165, 1.54) is 5.69 Å². The summed E-state index contributed by atoms with van der Waals surface area (Å²) in [7, 11) is 4.09. The molecule has 0 bridgehead atoms. The van der Waals surface area contributed by atoms with E-state index in [1.807, 2.05) is 20.3 Å². The number of anilines is 1. The molecule has 1 aliphatic heterocycles. The van der Waals surface area contributed by atoms with Crippen LogP contribution in [-0.4, -0.2) is 38.1 Å². The molecule has 0 aromatic heterocycles. The second-order valence-electron chi connectivity index (χ2n) is 5.65. The summed E-state index contributed by atoms with van der Waals surface area (Å²) in [5, 5.41) is 0. The Morgan fingerprint density at radius 1 is 1.21 bits per heavy atom. The van der Waals surface area contributed by atoms with Crippen molar-refractivity contribution in [1.29, 1.82) is 0 Å². The first-order valence-electron chi connectivity index (χ1n) is 6.91. The second kappa shape index (κ2) is 5.55. The van der Waals surface area contributed by atoms with Gasteiger partial charge in [0.25, 0.3) is 0 Å². The average molecular weight is 257 g/mol. The number of hydrogen-bond acceptors (Lipinski definition) is 3. The van der Waals surface area contributed by atoms with E-state index in [0.717, 1.165) is 30.7 Å². The SMILES string of the molecule is CCCC1(C)CN=C(c2ccc(N(C)C)cc2)C=N1. The van der Waals surface area contributed by atoms with Crippen molar-refractivity contribution < 1.29 is 0 Å². The van der Waals surface area contributed by atoms with Crippen molar-refractivity contribution in [2.75, 3.05) is 25.5 Å². The molecule has 0 fully saturated rings. The van der Waals surface area contributed by atoms with Crippen molar-refractivity contribution in [3.63, 3.8) is 0 Å². The van der Waals surface area contributed by atoms with Gasteiger partial charge in [0.15, 0.2) is 0 Å². The van der Waals surface area contributed by atoms with Gasteiger partial charge in [-0.2, -0.15) is 0 Å². The third-order valence-corrected chi connectivity index (χ3v) is 3.56. The van der Waals surface area contributed by atoms with Crippen molar-refractivity contribution in [2.24, 2.45) is 9.98 Å². The van der Waals surface area contributed by atoms with E-state index in [1.54, 1.807) is 0 Å². The number of benzene rings is 1. The number of nitrogens with zero attached hydrogens (tertiary/aromatic N) is 3. The molecule has 0 N–H and O–H groups in total. The highest BCUT2D eigenvalue weighted by atomic mass is 15.1. The normalized spacial score (nSPS) is 22.2. The Morgan fingerprint density at radius 3 is 2.37 bits per heavy atom. The molecule has 1 aromatic rings. The summed E-state index contributed by atoms with van der Waals surface area (Å²) in [5.41, 5.74) is 3.35. The van der Waals surface area contributed by atoms with Crippen LogP contribution in [0.2, 0.25) is 0 Å². The lowest BCUT2D eigenvalue weighted by Gasteiger charge is -2.26. The lowest BCUT2D eigenvalue weighted by molar-refractivity contribution is 0.442. The summed E-state index contributed by atoms with van der Waals surface area (Å²) in [6, 6.07) is 8.46. The first-order valence-corrected chi connectivity index (χ1v) is 6.91. The first-order chi connectivity index (χ1) is 9.04. The van der Waals surface area contributed by atoms with E-state index in [9.17, 15) is 0 Å². The van der Waals surface area contributed by atoms with E-state index in [2.05, 4.69) is 43.0 Å². The Morgan fingerprint density at radius 2 is 1.89 bits per heavy atom. The van der Waals surface area contributed by atoms with Crippen molar-refractivity contribution in [2.45, 2.75) is 32.2 Å². The zero-order chi connectivity index (χ0) is 13.9. The Labute approximate surface area is 116 Å². The predicted octanol–water partition coefficient (Wildman–Crippen LogP) is 3.18. The first kappa shape index (κ1) is 13.8. The maximum absolute atomic E-state index is 4.70. The summed E-state index contributed by atoms with van der Waals surface area (Å²) in [6.45, 7) is 5.17. The third-order valence-electron chi connectivity index (χ3n) is 3.56. The van der Waals surface area contributed by atoms with Crippen LogP contribution in [0, 0.1) is 0 Å². The van der Waals surface area contributed by atoms with Crippen LogP contribution in [0.15, 0.2) is 34.3 Å². The molecule has 0 amide bonds. The molecule has 2 rings (SSSR count). The maximum Gasteiger partial charge on any atom is 0.0826 e. The van der Waals surface area contributed by atoms with Crippen LogP contribution in [-0.2, 0) is 0 Å². The smallest absolute Gasteiger partial charge is 0.0826 e. The van der Waals surface area contributed by atoms with E-state index in [0.29, 0.717) is 0 Å². The molecular formula is C16H23N3. The highest BCUT2D eigenvalue weighted by Gasteiger charge is 2.24. The van der Waals surface area contributed by atoms with Crippen molar-refractivity contribution >= 4 is 17.6 Å². The number of hydrogen-bond donors (Lipinski definition) is 0. The highest BCUT2D eigenvalue weighted by molar-refractivity contribution is 6.38. The summed E-state index contributed by atoms with van der Waals surface area (Å²) >= 11 is 0. The van der Waals surface area contributed by atoms with Crippen LogP contribution < -0.4 is 4.90 Å². The summed E-state index contributed by atoms with van der Waals surface area (Å²) in [6.07, 6.45) is 4.18. The largest absolute Gasteiger partial charge is 0.378 e. The van der Waals surface area contributed by atoms with Crippen LogP contribution >= 0.6 is 0 Å². The number of rotatable bonds is 4. The lowest BCUT2D eigenvalue weighted by atomic mass is 9.95. The summed E-state index contributed by atoms with van der Waals surface area (Å²) < 4.78 is 0. The molecule has 3 nitrogen and oxygen atoms in total.